The van der Waals surface area contributed by atoms with Gasteiger partial charge in [0.05, 0.1) is 26.7 Å². The van der Waals surface area contributed by atoms with Crippen molar-refractivity contribution in [2.24, 2.45) is 0 Å². The molecule has 0 N–H and O–H groups in total. The molecule has 4 nitrogen and oxygen atoms in total. The van der Waals surface area contributed by atoms with Crippen LogP contribution >= 0.6 is 15.9 Å². The van der Waals surface area contributed by atoms with Crippen LogP contribution in [0.4, 0.5) is 0 Å². The molecule has 0 saturated heterocycles. The highest BCUT2D eigenvalue weighted by atomic mass is 79.9. The highest BCUT2D eigenvalue weighted by molar-refractivity contribution is 9.09. The summed E-state index contributed by atoms with van der Waals surface area (Å²) < 4.78 is 10.4. The van der Waals surface area contributed by atoms with Gasteiger partial charge in [-0.15, -0.1) is 0 Å². The van der Waals surface area contributed by atoms with Crippen LogP contribution in [0.2, 0.25) is 0 Å². The van der Waals surface area contributed by atoms with E-state index in [0.29, 0.717) is 26.2 Å². The summed E-state index contributed by atoms with van der Waals surface area (Å²) in [4.78, 5) is 13.7. The molecule has 1 amide bonds. The summed E-state index contributed by atoms with van der Waals surface area (Å²) in [7, 11) is 3.42. The first kappa shape index (κ1) is 16.0. The average Bonchev–Trinajstić information content (AvgIpc) is 2.44. The van der Waals surface area contributed by atoms with Crippen molar-refractivity contribution in [2.75, 3.05) is 39.2 Å². The van der Waals surface area contributed by atoms with Gasteiger partial charge in [0.1, 0.15) is 5.75 Å². The number of amides is 1. The van der Waals surface area contributed by atoms with Crippen LogP contribution in [-0.2, 0) is 16.0 Å². The number of methoxy groups -OCH3 is 1. The van der Waals surface area contributed by atoms with Gasteiger partial charge in [-0.3, -0.25) is 4.79 Å². The molecule has 0 heterocycles. The minimum Gasteiger partial charge on any atom is -0.497 e. The van der Waals surface area contributed by atoms with E-state index >= 15 is 0 Å². The smallest absolute Gasteiger partial charge is 0.226 e. The Bertz CT molecular complexity index is 381. The summed E-state index contributed by atoms with van der Waals surface area (Å²) >= 11 is 3.29. The lowest BCUT2D eigenvalue weighted by Crippen LogP contribution is -2.31. The molecule has 1 aromatic carbocycles. The van der Waals surface area contributed by atoms with Gasteiger partial charge in [-0.2, -0.15) is 0 Å². The molecule has 0 saturated carbocycles. The molecular weight excluding hydrogens is 310 g/mol. The molecule has 1 rings (SSSR count). The van der Waals surface area contributed by atoms with Crippen molar-refractivity contribution in [2.45, 2.75) is 6.42 Å². The van der Waals surface area contributed by atoms with E-state index in [1.165, 1.54) is 0 Å². The molecule has 0 aliphatic heterocycles. The van der Waals surface area contributed by atoms with Gasteiger partial charge in [-0.25, -0.2) is 0 Å². The van der Waals surface area contributed by atoms with Gasteiger partial charge >= 0.3 is 0 Å². The zero-order chi connectivity index (χ0) is 14.1. The van der Waals surface area contributed by atoms with E-state index in [0.717, 1.165) is 16.6 Å². The molecule has 0 atom stereocenters. The minimum absolute atomic E-state index is 0.0904. The number of alkyl halides is 1. The Kier molecular flexibility index (Phi) is 7.52. The zero-order valence-electron chi connectivity index (χ0n) is 11.4. The quantitative estimate of drug-likeness (QED) is 0.541. The lowest BCUT2D eigenvalue weighted by molar-refractivity contribution is -0.129. The number of ether oxygens (including phenoxy) is 2. The number of carbonyl (C=O) groups excluding carboxylic acids is 1. The highest BCUT2D eigenvalue weighted by Crippen LogP contribution is 2.12. The van der Waals surface area contributed by atoms with Crippen molar-refractivity contribution < 1.29 is 14.3 Å². The standard InChI is InChI=1S/C14H20BrNO3/c1-16(8-10-19-9-7-15)14(17)11-12-3-5-13(18-2)6-4-12/h3-6H,7-11H2,1-2H3. The van der Waals surface area contributed by atoms with Crippen molar-refractivity contribution in [3.05, 3.63) is 29.8 Å². The van der Waals surface area contributed by atoms with E-state index in [2.05, 4.69) is 15.9 Å². The summed E-state index contributed by atoms with van der Waals surface area (Å²) in [6.07, 6.45) is 0.402. The molecule has 0 unspecified atom stereocenters. The predicted octanol–water partition coefficient (Wildman–Crippen LogP) is 2.11. The first-order valence-electron chi connectivity index (χ1n) is 6.18. The number of nitrogens with zero attached hydrogens (tertiary/aromatic N) is 1. The first-order chi connectivity index (χ1) is 9.17. The average molecular weight is 330 g/mol. The Labute approximate surface area is 122 Å². The number of benzene rings is 1. The van der Waals surface area contributed by atoms with Crippen LogP contribution in [0.1, 0.15) is 5.56 Å². The van der Waals surface area contributed by atoms with Crippen LogP contribution in [0.5, 0.6) is 5.75 Å². The molecule has 0 aliphatic carbocycles. The van der Waals surface area contributed by atoms with Crippen LogP contribution in [-0.4, -0.2) is 50.1 Å². The monoisotopic (exact) mass is 329 g/mol. The molecule has 19 heavy (non-hydrogen) atoms. The molecule has 0 fully saturated rings. The van der Waals surface area contributed by atoms with E-state index in [1.807, 2.05) is 24.3 Å². The molecule has 106 valence electrons. The van der Waals surface area contributed by atoms with Crippen molar-refractivity contribution in [1.29, 1.82) is 0 Å². The van der Waals surface area contributed by atoms with Crippen molar-refractivity contribution in [3.63, 3.8) is 0 Å². The van der Waals surface area contributed by atoms with Crippen LogP contribution in [0, 0.1) is 0 Å². The van der Waals surface area contributed by atoms with E-state index in [4.69, 9.17) is 9.47 Å². The molecule has 0 aliphatic rings. The molecule has 5 heteroatoms. The third-order valence-corrected chi connectivity index (χ3v) is 3.06. The predicted molar refractivity (Wildman–Crippen MR) is 78.9 cm³/mol. The number of carbonyl (C=O) groups is 1. The van der Waals surface area contributed by atoms with E-state index in [1.54, 1.807) is 19.1 Å². The summed E-state index contributed by atoms with van der Waals surface area (Å²) in [5, 5.41) is 0.816. The Hall–Kier alpha value is -1.07. The lowest BCUT2D eigenvalue weighted by Gasteiger charge is -2.17. The van der Waals surface area contributed by atoms with Gasteiger partial charge in [0, 0.05) is 18.9 Å². The number of halogens is 1. The second-order valence-electron chi connectivity index (χ2n) is 4.14. The Morgan fingerprint density at radius 1 is 1.26 bits per heavy atom. The fraction of sp³-hybridized carbons (Fsp3) is 0.500. The maximum Gasteiger partial charge on any atom is 0.226 e. The first-order valence-corrected chi connectivity index (χ1v) is 7.30. The number of likely N-dealkylation sites (N-methyl/N-ethyl adjacent to an activating group) is 1. The second-order valence-corrected chi connectivity index (χ2v) is 4.93. The maximum absolute atomic E-state index is 12.0. The van der Waals surface area contributed by atoms with Gasteiger partial charge in [0.2, 0.25) is 5.91 Å². The van der Waals surface area contributed by atoms with Gasteiger partial charge in [0.15, 0.2) is 0 Å². The Balaban J connectivity index is 2.36. The van der Waals surface area contributed by atoms with E-state index in [-0.39, 0.29) is 5.91 Å². The Morgan fingerprint density at radius 3 is 2.53 bits per heavy atom. The lowest BCUT2D eigenvalue weighted by atomic mass is 10.1. The molecule has 0 spiro atoms. The van der Waals surface area contributed by atoms with Gasteiger partial charge in [-0.1, -0.05) is 28.1 Å². The molecule has 0 bridgehead atoms. The summed E-state index contributed by atoms with van der Waals surface area (Å²) in [6, 6.07) is 7.54. The van der Waals surface area contributed by atoms with Crippen LogP contribution in [0.15, 0.2) is 24.3 Å². The van der Waals surface area contributed by atoms with Gasteiger partial charge in [-0.05, 0) is 17.7 Å². The molecule has 1 aromatic rings. The number of rotatable bonds is 8. The van der Waals surface area contributed by atoms with Gasteiger partial charge < -0.3 is 14.4 Å². The normalized spacial score (nSPS) is 10.3. The SMILES string of the molecule is COc1ccc(CC(=O)N(C)CCOCCBr)cc1. The van der Waals surface area contributed by atoms with Crippen LogP contribution in [0.25, 0.3) is 0 Å². The highest BCUT2D eigenvalue weighted by Gasteiger charge is 2.09. The Morgan fingerprint density at radius 2 is 1.95 bits per heavy atom. The molecule has 0 aromatic heterocycles. The van der Waals surface area contributed by atoms with Crippen LogP contribution < -0.4 is 4.74 Å². The molecular formula is C14H20BrNO3. The third-order valence-electron chi connectivity index (χ3n) is 2.73. The topological polar surface area (TPSA) is 38.8 Å². The van der Waals surface area contributed by atoms with E-state index < -0.39 is 0 Å². The van der Waals surface area contributed by atoms with Gasteiger partial charge in [0.25, 0.3) is 0 Å². The summed E-state index contributed by atoms with van der Waals surface area (Å²) in [5.74, 6) is 0.889. The fourth-order valence-electron chi connectivity index (χ4n) is 1.54. The van der Waals surface area contributed by atoms with Crippen molar-refractivity contribution >= 4 is 21.8 Å². The van der Waals surface area contributed by atoms with Crippen LogP contribution in [0.3, 0.4) is 0 Å². The second kappa shape index (κ2) is 8.93. The largest absolute Gasteiger partial charge is 0.497 e. The maximum atomic E-state index is 12.0. The van der Waals surface area contributed by atoms with Crippen molar-refractivity contribution in [3.8, 4) is 5.75 Å². The third kappa shape index (κ3) is 6.07. The number of hydrogen-bond donors (Lipinski definition) is 0. The minimum atomic E-state index is 0.0904. The fourth-order valence-corrected chi connectivity index (χ4v) is 1.76. The summed E-state index contributed by atoms with van der Waals surface area (Å²) in [5.41, 5.74) is 0.985. The number of hydrogen-bond acceptors (Lipinski definition) is 3. The summed E-state index contributed by atoms with van der Waals surface area (Å²) in [6.45, 7) is 1.85. The van der Waals surface area contributed by atoms with E-state index in [9.17, 15) is 4.79 Å². The zero-order valence-corrected chi connectivity index (χ0v) is 13.0. The van der Waals surface area contributed by atoms with Crippen molar-refractivity contribution in [1.82, 2.24) is 4.90 Å². The molecule has 0 radical (unpaired) electrons.